The summed E-state index contributed by atoms with van der Waals surface area (Å²) in [6.07, 6.45) is 10.4. The minimum atomic E-state index is -0.408. The topological polar surface area (TPSA) is 0 Å². The van der Waals surface area contributed by atoms with Crippen LogP contribution in [0.1, 0.15) is 27.7 Å². The summed E-state index contributed by atoms with van der Waals surface area (Å²) in [6.45, 7) is 9.27. The molecule has 2 aromatic rings. The van der Waals surface area contributed by atoms with Gasteiger partial charge in [0.1, 0.15) is 0 Å². The van der Waals surface area contributed by atoms with Gasteiger partial charge in [-0.3, -0.25) is 0 Å². The van der Waals surface area contributed by atoms with Gasteiger partial charge in [0.2, 0.25) is 0 Å². The predicted molar refractivity (Wildman–Crippen MR) is 129 cm³/mol. The molecule has 1 radical (unpaired) electrons. The number of benzene rings is 2. The van der Waals surface area contributed by atoms with Crippen LogP contribution in [0.5, 0.6) is 0 Å². The van der Waals surface area contributed by atoms with Gasteiger partial charge < -0.3 is 24.8 Å². The van der Waals surface area contributed by atoms with E-state index in [-0.39, 0.29) is 42.2 Å². The normalized spacial score (nSPS) is 19.6. The smallest absolute Gasteiger partial charge is 1.00 e. The molecule has 0 bridgehead atoms. The molecular formula is C28H30Cl2CrP. The molecule has 32 heavy (non-hydrogen) atoms. The molecule has 2 atom stereocenters. The molecule has 167 valence electrons. The van der Waals surface area contributed by atoms with E-state index in [2.05, 4.69) is 113 Å². The van der Waals surface area contributed by atoms with Crippen molar-refractivity contribution in [2.45, 2.75) is 27.7 Å². The van der Waals surface area contributed by atoms with Crippen LogP contribution in [0, 0.1) is 17.8 Å². The molecule has 0 saturated carbocycles. The Bertz CT molecular complexity index is 953. The van der Waals surface area contributed by atoms with Crippen molar-refractivity contribution >= 4 is 18.5 Å². The van der Waals surface area contributed by atoms with Crippen molar-refractivity contribution in [1.29, 1.82) is 0 Å². The van der Waals surface area contributed by atoms with Crippen LogP contribution < -0.4 is 35.4 Å². The second kappa shape index (κ2) is 12.9. The third-order valence-corrected chi connectivity index (χ3v) is 9.20. The number of halogens is 2. The van der Waals surface area contributed by atoms with Crippen molar-refractivity contribution in [2.75, 3.05) is 6.16 Å². The van der Waals surface area contributed by atoms with Crippen LogP contribution >= 0.6 is 7.92 Å². The second-order valence-electron chi connectivity index (χ2n) is 8.16. The summed E-state index contributed by atoms with van der Waals surface area (Å²) in [6, 6.07) is 22.2. The largest absolute Gasteiger partial charge is 3.00 e. The molecule has 2 aliphatic carbocycles. The fourth-order valence-electron chi connectivity index (χ4n) is 4.64. The Morgan fingerprint density at radius 2 is 1.31 bits per heavy atom. The molecule has 0 aromatic heterocycles. The standard InChI is InChI=1S/C28H30P.2ClH.Cr/c1-20-21(2)23(4)28(22(20)3)27-18-12-11-13-24(27)19-29(25-14-7-5-8-15-25)26-16-9-6-10-17-26;;;/h5-18,22,24H,19H2,1-4H3;2*1H;/q-1;;;+3/p-2. The Labute approximate surface area is 218 Å². The first kappa shape index (κ1) is 28.8. The molecule has 2 aromatic carbocycles. The Morgan fingerprint density at radius 3 is 1.78 bits per heavy atom. The molecule has 0 fully saturated rings. The molecule has 0 saturated heterocycles. The van der Waals surface area contributed by atoms with Crippen LogP contribution in [-0.2, 0) is 17.4 Å². The van der Waals surface area contributed by atoms with Gasteiger partial charge in [0.15, 0.2) is 0 Å². The molecule has 0 heterocycles. The maximum absolute atomic E-state index is 2.42. The zero-order valence-corrected chi connectivity index (χ0v) is 22.7. The second-order valence-corrected chi connectivity index (χ2v) is 10.4. The van der Waals surface area contributed by atoms with Crippen LogP contribution in [0.2, 0.25) is 0 Å². The summed E-state index contributed by atoms with van der Waals surface area (Å²) < 4.78 is 0. The maximum Gasteiger partial charge on any atom is 3.00 e. The van der Waals surface area contributed by atoms with Gasteiger partial charge in [-0.2, -0.15) is 12.2 Å². The summed E-state index contributed by atoms with van der Waals surface area (Å²) in [5.41, 5.74) is 6.05. The van der Waals surface area contributed by atoms with Gasteiger partial charge in [-0.05, 0) is 43.5 Å². The number of hydrogen-bond donors (Lipinski definition) is 0. The Hall–Kier alpha value is -1.19. The van der Waals surface area contributed by atoms with Crippen LogP contribution in [0.4, 0.5) is 0 Å². The molecule has 4 rings (SSSR count). The summed E-state index contributed by atoms with van der Waals surface area (Å²) in [5, 5.41) is 2.93. The number of hydrogen-bond acceptors (Lipinski definition) is 0. The third-order valence-electron chi connectivity index (χ3n) is 6.60. The van der Waals surface area contributed by atoms with Crippen molar-refractivity contribution < 1.29 is 42.2 Å². The summed E-state index contributed by atoms with van der Waals surface area (Å²) in [4.78, 5) is 0. The minimum absolute atomic E-state index is 0. The Morgan fingerprint density at radius 1 is 0.781 bits per heavy atom. The third kappa shape index (κ3) is 5.83. The molecular weight excluding hydrogens is 490 g/mol. The van der Waals surface area contributed by atoms with Gasteiger partial charge in [0.25, 0.3) is 0 Å². The predicted octanol–water partition coefficient (Wildman–Crippen LogP) is 0.744. The van der Waals surface area contributed by atoms with Crippen LogP contribution in [0.15, 0.2) is 107 Å². The zero-order valence-electron chi connectivity index (χ0n) is 19.1. The van der Waals surface area contributed by atoms with Crippen LogP contribution in [0.25, 0.3) is 0 Å². The van der Waals surface area contributed by atoms with E-state index in [1.807, 2.05) is 0 Å². The van der Waals surface area contributed by atoms with Crippen LogP contribution in [0.3, 0.4) is 0 Å². The number of allylic oxidation sites excluding steroid dienone is 8. The van der Waals surface area contributed by atoms with Gasteiger partial charge in [0.05, 0.1) is 0 Å². The Kier molecular flexibility index (Phi) is 11.6. The zero-order chi connectivity index (χ0) is 20.4. The van der Waals surface area contributed by atoms with E-state index in [9.17, 15) is 0 Å². The number of rotatable bonds is 5. The van der Waals surface area contributed by atoms with E-state index in [0.29, 0.717) is 11.8 Å². The van der Waals surface area contributed by atoms with E-state index >= 15 is 0 Å². The molecule has 0 amide bonds. The van der Waals surface area contributed by atoms with E-state index in [1.54, 1.807) is 5.57 Å². The van der Waals surface area contributed by atoms with Crippen LogP contribution in [-0.4, -0.2) is 6.16 Å². The maximum atomic E-state index is 2.42. The summed E-state index contributed by atoms with van der Waals surface area (Å²) >= 11 is 0. The van der Waals surface area contributed by atoms with Crippen molar-refractivity contribution in [1.82, 2.24) is 0 Å². The van der Waals surface area contributed by atoms with Gasteiger partial charge in [0, 0.05) is 0 Å². The van der Waals surface area contributed by atoms with E-state index < -0.39 is 7.92 Å². The first-order valence-corrected chi connectivity index (χ1v) is 12.1. The molecule has 2 aliphatic rings. The molecule has 0 N–H and O–H groups in total. The summed E-state index contributed by atoms with van der Waals surface area (Å²) in [7, 11) is -0.408. The van der Waals surface area contributed by atoms with Gasteiger partial charge in [-0.25, -0.2) is 0 Å². The fourth-order valence-corrected chi connectivity index (χ4v) is 7.13. The van der Waals surface area contributed by atoms with E-state index in [1.165, 1.54) is 33.2 Å². The van der Waals surface area contributed by atoms with Crippen molar-refractivity contribution in [3.8, 4) is 0 Å². The average Bonchev–Trinajstić information content (AvgIpc) is 2.96. The van der Waals surface area contributed by atoms with Gasteiger partial charge >= 0.3 is 17.4 Å². The first-order valence-electron chi connectivity index (χ1n) is 10.6. The van der Waals surface area contributed by atoms with E-state index in [4.69, 9.17) is 0 Å². The molecule has 0 aliphatic heterocycles. The van der Waals surface area contributed by atoms with E-state index in [0.717, 1.165) is 6.16 Å². The van der Waals surface area contributed by atoms with Crippen molar-refractivity contribution in [3.63, 3.8) is 0 Å². The first-order chi connectivity index (χ1) is 14.1. The van der Waals surface area contributed by atoms with Crippen molar-refractivity contribution in [2.24, 2.45) is 11.8 Å². The van der Waals surface area contributed by atoms with Gasteiger partial charge in [-0.1, -0.05) is 87.0 Å². The molecule has 0 nitrogen and oxygen atoms in total. The molecule has 2 unspecified atom stereocenters. The monoisotopic (exact) mass is 519 g/mol. The average molecular weight is 520 g/mol. The minimum Gasteiger partial charge on any atom is -1.00 e. The SMILES string of the molecule is CC1=C(C)C(C)C([C-]2C=CC=CC2CP(c2ccccc2)c2ccccc2)=C1C.[Cl-].[Cl-].[Cr+3]. The van der Waals surface area contributed by atoms with Gasteiger partial charge in [-0.15, -0.1) is 34.8 Å². The fraction of sp³-hybridized carbons (Fsp3) is 0.250. The molecule has 4 heteroatoms. The Balaban J connectivity index is 0.00000171. The quantitative estimate of drug-likeness (QED) is 0.404. The van der Waals surface area contributed by atoms with Crippen molar-refractivity contribution in [3.05, 3.63) is 113 Å². The molecule has 0 spiro atoms. The summed E-state index contributed by atoms with van der Waals surface area (Å²) in [5.74, 6) is 2.49.